The van der Waals surface area contributed by atoms with Crippen LogP contribution in [0.4, 0.5) is 0 Å². The van der Waals surface area contributed by atoms with Crippen molar-refractivity contribution in [2.45, 2.75) is 33.2 Å². The number of carboxylic acid groups (broad SMARTS) is 1. The van der Waals surface area contributed by atoms with Gasteiger partial charge in [0.05, 0.1) is 6.42 Å². The molecule has 19 heavy (non-hydrogen) atoms. The highest BCUT2D eigenvalue weighted by molar-refractivity contribution is 6.31. The Morgan fingerprint density at radius 2 is 1.89 bits per heavy atom. The number of amides is 1. The van der Waals surface area contributed by atoms with E-state index in [-0.39, 0.29) is 12.3 Å². The average Bonchev–Trinajstić information content (AvgIpc) is 2.27. The highest BCUT2D eigenvalue weighted by Gasteiger charge is 2.32. The Morgan fingerprint density at radius 3 is 2.37 bits per heavy atom. The molecule has 0 radical (unpaired) electrons. The molecule has 0 aromatic heterocycles. The quantitative estimate of drug-likeness (QED) is 0.892. The molecule has 1 atom stereocenters. The van der Waals surface area contributed by atoms with Crippen molar-refractivity contribution in [1.82, 2.24) is 5.32 Å². The summed E-state index contributed by atoms with van der Waals surface area (Å²) in [6.07, 6.45) is 0.0690. The van der Waals surface area contributed by atoms with E-state index in [9.17, 15) is 9.59 Å². The van der Waals surface area contributed by atoms with Crippen molar-refractivity contribution < 1.29 is 14.7 Å². The van der Waals surface area contributed by atoms with Crippen molar-refractivity contribution in [3.05, 3.63) is 34.9 Å². The second-order valence-corrected chi connectivity index (χ2v) is 5.88. The van der Waals surface area contributed by atoms with Gasteiger partial charge in [-0.3, -0.25) is 4.79 Å². The highest BCUT2D eigenvalue weighted by Crippen LogP contribution is 2.20. The van der Waals surface area contributed by atoms with Gasteiger partial charge in [-0.25, -0.2) is 4.79 Å². The molecular weight excluding hydrogens is 266 g/mol. The first-order valence-corrected chi connectivity index (χ1v) is 6.35. The molecule has 1 aromatic rings. The van der Waals surface area contributed by atoms with Crippen LogP contribution in [-0.2, 0) is 16.0 Å². The number of carbonyl (C=O) groups is 2. The van der Waals surface area contributed by atoms with Crippen LogP contribution in [0.25, 0.3) is 0 Å². The van der Waals surface area contributed by atoms with Gasteiger partial charge in [-0.2, -0.15) is 0 Å². The van der Waals surface area contributed by atoms with E-state index in [1.807, 2.05) is 0 Å². The van der Waals surface area contributed by atoms with Crippen LogP contribution in [0.15, 0.2) is 24.3 Å². The fourth-order valence-corrected chi connectivity index (χ4v) is 1.88. The Balaban J connectivity index is 2.75. The highest BCUT2D eigenvalue weighted by atomic mass is 35.5. The zero-order valence-corrected chi connectivity index (χ0v) is 12.0. The minimum atomic E-state index is -1.04. The molecule has 0 saturated heterocycles. The van der Waals surface area contributed by atoms with Crippen molar-refractivity contribution in [3.63, 3.8) is 0 Å². The minimum Gasteiger partial charge on any atom is -0.480 e. The topological polar surface area (TPSA) is 66.4 Å². The van der Waals surface area contributed by atoms with Crippen LogP contribution in [0.1, 0.15) is 26.3 Å². The molecule has 0 aliphatic rings. The first-order valence-electron chi connectivity index (χ1n) is 5.97. The van der Waals surface area contributed by atoms with Crippen LogP contribution in [-0.4, -0.2) is 23.0 Å². The summed E-state index contributed by atoms with van der Waals surface area (Å²) in [6, 6.07) is 6.07. The summed E-state index contributed by atoms with van der Waals surface area (Å²) in [6.45, 7) is 5.30. The number of carboxylic acids is 1. The summed E-state index contributed by atoms with van der Waals surface area (Å²) >= 11 is 5.96. The second kappa shape index (κ2) is 6.06. The zero-order valence-electron chi connectivity index (χ0n) is 11.2. The molecule has 104 valence electrons. The lowest BCUT2D eigenvalue weighted by molar-refractivity contribution is -0.144. The van der Waals surface area contributed by atoms with Crippen LogP contribution >= 0.6 is 11.6 Å². The Labute approximate surface area is 117 Å². The molecule has 0 aliphatic heterocycles. The van der Waals surface area contributed by atoms with E-state index < -0.39 is 17.4 Å². The van der Waals surface area contributed by atoms with E-state index in [4.69, 9.17) is 16.7 Å². The van der Waals surface area contributed by atoms with E-state index in [0.717, 1.165) is 0 Å². The molecule has 0 bridgehead atoms. The van der Waals surface area contributed by atoms with Crippen LogP contribution in [0.3, 0.4) is 0 Å². The Bertz CT molecular complexity index is 480. The van der Waals surface area contributed by atoms with Crippen molar-refractivity contribution in [2.75, 3.05) is 0 Å². The third-order valence-corrected chi connectivity index (χ3v) is 3.10. The first-order chi connectivity index (χ1) is 8.71. The van der Waals surface area contributed by atoms with Crippen LogP contribution in [0, 0.1) is 5.41 Å². The number of benzene rings is 1. The molecule has 0 aliphatic carbocycles. The van der Waals surface area contributed by atoms with Gasteiger partial charge in [0, 0.05) is 5.02 Å². The van der Waals surface area contributed by atoms with E-state index >= 15 is 0 Å². The number of hydrogen-bond acceptors (Lipinski definition) is 2. The molecule has 5 heteroatoms. The SMILES string of the molecule is CC(C)(C)[C@@H](NC(=O)Cc1ccccc1Cl)C(=O)O. The van der Waals surface area contributed by atoms with E-state index in [2.05, 4.69) is 5.32 Å². The van der Waals surface area contributed by atoms with Crippen LogP contribution in [0.5, 0.6) is 0 Å². The maximum atomic E-state index is 11.9. The standard InChI is InChI=1S/C14H18ClNO3/c1-14(2,3)12(13(18)19)16-11(17)8-9-6-4-5-7-10(9)15/h4-7,12H,8H2,1-3H3,(H,16,17)(H,18,19)/t12-/m0/s1. The smallest absolute Gasteiger partial charge is 0.326 e. The molecule has 0 saturated carbocycles. The van der Waals surface area contributed by atoms with E-state index in [1.54, 1.807) is 45.0 Å². The number of rotatable bonds is 4. The normalized spacial score (nSPS) is 12.8. The largest absolute Gasteiger partial charge is 0.480 e. The lowest BCUT2D eigenvalue weighted by atomic mass is 9.86. The maximum Gasteiger partial charge on any atom is 0.326 e. The number of hydrogen-bond donors (Lipinski definition) is 2. The minimum absolute atomic E-state index is 0.0690. The van der Waals surface area contributed by atoms with E-state index in [0.29, 0.717) is 10.6 Å². The van der Waals surface area contributed by atoms with Gasteiger partial charge in [-0.05, 0) is 17.0 Å². The molecule has 1 rings (SSSR count). The van der Waals surface area contributed by atoms with Crippen LogP contribution < -0.4 is 5.32 Å². The molecule has 1 aromatic carbocycles. The summed E-state index contributed by atoms with van der Waals surface area (Å²) in [5, 5.41) is 12.2. The Kier molecular flexibility index (Phi) is 4.95. The van der Waals surface area contributed by atoms with Crippen molar-refractivity contribution >= 4 is 23.5 Å². The number of aliphatic carboxylic acids is 1. The number of nitrogens with one attached hydrogen (secondary N) is 1. The monoisotopic (exact) mass is 283 g/mol. The molecule has 0 heterocycles. The van der Waals surface area contributed by atoms with Crippen molar-refractivity contribution in [1.29, 1.82) is 0 Å². The third kappa shape index (κ3) is 4.56. The van der Waals surface area contributed by atoms with E-state index in [1.165, 1.54) is 0 Å². The average molecular weight is 284 g/mol. The molecule has 0 fully saturated rings. The fourth-order valence-electron chi connectivity index (χ4n) is 1.68. The van der Waals surface area contributed by atoms with Crippen molar-refractivity contribution in [2.24, 2.45) is 5.41 Å². The summed E-state index contributed by atoms with van der Waals surface area (Å²) in [4.78, 5) is 23.1. The predicted octanol–water partition coefficient (Wildman–Crippen LogP) is 2.50. The number of halogens is 1. The fraction of sp³-hybridized carbons (Fsp3) is 0.429. The maximum absolute atomic E-state index is 11.9. The molecule has 0 unspecified atom stereocenters. The zero-order chi connectivity index (χ0) is 14.6. The second-order valence-electron chi connectivity index (χ2n) is 5.47. The molecule has 4 nitrogen and oxygen atoms in total. The lowest BCUT2D eigenvalue weighted by Gasteiger charge is -2.27. The summed E-state index contributed by atoms with van der Waals surface area (Å²) in [7, 11) is 0. The van der Waals surface area contributed by atoms with Gasteiger partial charge in [-0.15, -0.1) is 0 Å². The van der Waals surface area contributed by atoms with Gasteiger partial charge in [0.25, 0.3) is 0 Å². The summed E-state index contributed by atoms with van der Waals surface area (Å²) in [5.74, 6) is -1.39. The van der Waals surface area contributed by atoms with Gasteiger partial charge in [0.2, 0.25) is 5.91 Å². The lowest BCUT2D eigenvalue weighted by Crippen LogP contribution is -2.49. The summed E-state index contributed by atoms with van der Waals surface area (Å²) in [5.41, 5.74) is 0.127. The van der Waals surface area contributed by atoms with Gasteiger partial charge >= 0.3 is 5.97 Å². The Hall–Kier alpha value is -1.55. The molecule has 0 spiro atoms. The molecule has 2 N–H and O–H groups in total. The van der Waals surface area contributed by atoms with Crippen LogP contribution in [0.2, 0.25) is 5.02 Å². The van der Waals surface area contributed by atoms with Crippen molar-refractivity contribution in [3.8, 4) is 0 Å². The summed E-state index contributed by atoms with van der Waals surface area (Å²) < 4.78 is 0. The Morgan fingerprint density at radius 1 is 1.32 bits per heavy atom. The van der Waals surface area contributed by atoms with Gasteiger partial charge < -0.3 is 10.4 Å². The molecular formula is C14H18ClNO3. The van der Waals surface area contributed by atoms with Gasteiger partial charge in [-0.1, -0.05) is 50.6 Å². The van der Waals surface area contributed by atoms with Gasteiger partial charge in [0.15, 0.2) is 0 Å². The first kappa shape index (κ1) is 15.5. The van der Waals surface area contributed by atoms with Gasteiger partial charge in [0.1, 0.15) is 6.04 Å². The number of carbonyl (C=O) groups excluding carboxylic acids is 1. The molecule has 1 amide bonds. The predicted molar refractivity (Wildman–Crippen MR) is 74.2 cm³/mol. The third-order valence-electron chi connectivity index (χ3n) is 2.73.